The molecule has 3 aromatic rings. The van der Waals surface area contributed by atoms with E-state index >= 15 is 0 Å². The number of alkyl halides is 2. The van der Waals surface area contributed by atoms with Gasteiger partial charge in [0, 0.05) is 30.4 Å². The van der Waals surface area contributed by atoms with Gasteiger partial charge in [0.15, 0.2) is 11.9 Å². The van der Waals surface area contributed by atoms with Gasteiger partial charge in [-0.1, -0.05) is 12.6 Å². The Morgan fingerprint density at radius 1 is 1.11 bits per heavy atom. The Balaban J connectivity index is 1.59. The van der Waals surface area contributed by atoms with Crippen molar-refractivity contribution in [3.63, 3.8) is 0 Å². The molecule has 3 heterocycles. The van der Waals surface area contributed by atoms with Crippen LogP contribution in [0.2, 0.25) is 0 Å². The molecule has 2 aromatic carbocycles. The van der Waals surface area contributed by atoms with Crippen molar-refractivity contribution < 1.29 is 41.5 Å². The van der Waals surface area contributed by atoms with E-state index in [1.807, 2.05) is 5.32 Å². The molecule has 0 spiro atoms. The van der Waals surface area contributed by atoms with Crippen LogP contribution in [0.15, 0.2) is 67.1 Å². The number of hydrogen-bond donors (Lipinski definition) is 2. The number of piperidine rings is 1. The summed E-state index contributed by atoms with van der Waals surface area (Å²) in [7, 11) is 0. The van der Waals surface area contributed by atoms with E-state index in [-0.39, 0.29) is 42.0 Å². The van der Waals surface area contributed by atoms with E-state index in [4.69, 9.17) is 0 Å². The second-order valence-electron chi connectivity index (χ2n) is 10.0. The van der Waals surface area contributed by atoms with Crippen molar-refractivity contribution in [2.24, 2.45) is 0 Å². The largest absolute Gasteiger partial charge is 0.348 e. The lowest BCUT2D eigenvalue weighted by Gasteiger charge is -2.31. The lowest BCUT2D eigenvalue weighted by molar-refractivity contribution is -0.137. The summed E-state index contributed by atoms with van der Waals surface area (Å²) in [4.78, 5) is 66.2. The predicted octanol–water partition coefficient (Wildman–Crippen LogP) is 2.71. The lowest BCUT2D eigenvalue weighted by Crippen LogP contribution is -2.52. The van der Waals surface area contributed by atoms with Crippen LogP contribution in [0.3, 0.4) is 0 Å². The molecule has 1 aromatic heterocycles. The summed E-state index contributed by atoms with van der Waals surface area (Å²) >= 11 is 0. The third-order valence-corrected chi connectivity index (χ3v) is 7.20. The molecule has 2 atom stereocenters. The van der Waals surface area contributed by atoms with Crippen LogP contribution < -0.4 is 15.5 Å². The summed E-state index contributed by atoms with van der Waals surface area (Å²) in [6.07, 6.45) is -1.59. The normalized spacial score (nSPS) is 16.9. The molecule has 0 saturated carbocycles. The molecule has 5 rings (SSSR count). The molecular weight excluding hydrogens is 588 g/mol. The number of nitrogens with zero attached hydrogens (tertiary/aromatic N) is 4. The summed E-state index contributed by atoms with van der Waals surface area (Å²) in [6.45, 7) is 1.95. The highest BCUT2D eigenvalue weighted by molar-refractivity contribution is 6.10. The maximum Gasteiger partial charge on any atom is 0.287 e. The van der Waals surface area contributed by atoms with E-state index in [2.05, 4.69) is 17.0 Å². The van der Waals surface area contributed by atoms with Gasteiger partial charge in [-0.2, -0.15) is 5.10 Å². The molecule has 0 bridgehead atoms. The number of imide groups is 1. The number of benzene rings is 2. The number of anilines is 1. The van der Waals surface area contributed by atoms with Crippen molar-refractivity contribution in [3.8, 4) is 5.69 Å². The summed E-state index contributed by atoms with van der Waals surface area (Å²) in [5, 5.41) is 8.36. The van der Waals surface area contributed by atoms with E-state index in [1.54, 1.807) is 0 Å². The minimum absolute atomic E-state index is 0.000129. The Hall–Kier alpha value is -5.34. The van der Waals surface area contributed by atoms with Crippen molar-refractivity contribution in [1.29, 1.82) is 0 Å². The number of fused-ring (bicyclic) bond motifs is 1. The number of halogens is 4. The number of aromatic nitrogens is 2. The molecule has 0 radical (unpaired) electrons. The van der Waals surface area contributed by atoms with E-state index in [1.165, 1.54) is 47.5 Å². The van der Waals surface area contributed by atoms with Crippen molar-refractivity contribution >= 4 is 35.2 Å². The molecule has 5 amide bonds. The Morgan fingerprint density at radius 3 is 2.50 bits per heavy atom. The predicted molar refractivity (Wildman–Crippen MR) is 145 cm³/mol. The van der Waals surface area contributed by atoms with Crippen LogP contribution >= 0.6 is 0 Å². The zero-order chi connectivity index (χ0) is 31.7. The van der Waals surface area contributed by atoms with Gasteiger partial charge < -0.3 is 10.2 Å². The lowest BCUT2D eigenvalue weighted by atomic mass is 10.0. The first kappa shape index (κ1) is 30.1. The van der Waals surface area contributed by atoms with Gasteiger partial charge in [0.1, 0.15) is 11.9 Å². The Bertz CT molecular complexity index is 1670. The molecule has 1 fully saturated rings. The molecule has 44 heavy (non-hydrogen) atoms. The maximum atomic E-state index is 14.6. The summed E-state index contributed by atoms with van der Waals surface area (Å²) in [5.74, 6) is -6.35. The van der Waals surface area contributed by atoms with Crippen molar-refractivity contribution in [2.75, 3.05) is 11.4 Å². The van der Waals surface area contributed by atoms with Gasteiger partial charge in [-0.15, -0.1) is 0 Å². The average Bonchev–Trinajstić information content (AvgIpc) is 3.59. The van der Waals surface area contributed by atoms with Crippen LogP contribution in [0, 0.1) is 5.82 Å². The molecular formula is C29H24F4N6O5. The van der Waals surface area contributed by atoms with Crippen LogP contribution in [0.5, 0.6) is 0 Å². The smallest absolute Gasteiger partial charge is 0.287 e. The molecule has 15 heteroatoms. The fraction of sp³-hybridized carbons (Fsp3) is 0.241. The second kappa shape index (κ2) is 12.1. The van der Waals surface area contributed by atoms with Crippen LogP contribution in [0.4, 0.5) is 23.2 Å². The monoisotopic (exact) mass is 612 g/mol. The van der Waals surface area contributed by atoms with Crippen LogP contribution in [0.1, 0.15) is 40.5 Å². The second-order valence-corrected chi connectivity index (χ2v) is 10.0. The van der Waals surface area contributed by atoms with Crippen LogP contribution in [-0.2, 0) is 25.7 Å². The third-order valence-electron chi connectivity index (χ3n) is 7.20. The fourth-order valence-electron chi connectivity index (χ4n) is 5.18. The quantitative estimate of drug-likeness (QED) is 0.217. The molecule has 11 nitrogen and oxygen atoms in total. The zero-order valence-electron chi connectivity index (χ0n) is 22.8. The fourth-order valence-corrected chi connectivity index (χ4v) is 5.18. The molecule has 2 unspecified atom stereocenters. The Kier molecular flexibility index (Phi) is 8.29. The van der Waals surface area contributed by atoms with Crippen LogP contribution in [-0.4, -0.2) is 63.2 Å². The highest BCUT2D eigenvalue weighted by Crippen LogP contribution is 2.35. The van der Waals surface area contributed by atoms with Gasteiger partial charge in [-0.3, -0.25) is 34.2 Å². The number of amides is 5. The van der Waals surface area contributed by atoms with E-state index < -0.39 is 66.2 Å². The zero-order valence-corrected chi connectivity index (χ0v) is 22.8. The average molecular weight is 613 g/mol. The van der Waals surface area contributed by atoms with E-state index in [0.717, 1.165) is 16.8 Å². The minimum atomic E-state index is -2.96. The highest BCUT2D eigenvalue weighted by atomic mass is 19.3. The molecule has 228 valence electrons. The third kappa shape index (κ3) is 5.80. The topological polar surface area (TPSA) is 134 Å². The number of rotatable bonds is 9. The Labute approximate surface area is 247 Å². The maximum absolute atomic E-state index is 14.6. The van der Waals surface area contributed by atoms with E-state index in [9.17, 15) is 41.5 Å². The molecule has 2 N–H and O–H groups in total. The molecule has 1 saturated heterocycles. The van der Waals surface area contributed by atoms with E-state index in [0.29, 0.717) is 10.5 Å². The first-order valence-electron chi connectivity index (χ1n) is 13.3. The molecule has 2 aliphatic rings. The Morgan fingerprint density at radius 2 is 1.84 bits per heavy atom. The van der Waals surface area contributed by atoms with Crippen molar-refractivity contribution in [3.05, 3.63) is 89.8 Å². The van der Waals surface area contributed by atoms with Crippen LogP contribution in [0.25, 0.3) is 5.69 Å². The summed E-state index contributed by atoms with van der Waals surface area (Å²) in [5.41, 5.74) is 0.455. The SMILES string of the molecule is C=C(F)C(=O)N(c1ccc2c(c1)C(=O)N(C1CCC(=O)NC1=O)C2)C(C(=O)NCC(F)F)c1ccnn1-c1ccc(F)cc1. The highest BCUT2D eigenvalue weighted by Gasteiger charge is 2.41. The first-order chi connectivity index (χ1) is 21.0. The summed E-state index contributed by atoms with van der Waals surface area (Å²) in [6, 6.07) is 7.37. The number of nitrogens with one attached hydrogen (secondary N) is 2. The van der Waals surface area contributed by atoms with Gasteiger partial charge in [0.05, 0.1) is 17.9 Å². The van der Waals surface area contributed by atoms with Gasteiger partial charge >= 0.3 is 0 Å². The number of hydrogen-bond acceptors (Lipinski definition) is 6. The van der Waals surface area contributed by atoms with Gasteiger partial charge in [0.25, 0.3) is 18.2 Å². The standard InChI is InChI=1S/C29H24F4N6O5/c1-15(30)28(43)38(19-5-2-16-14-37(29(44)20(16)12-19)22-8-9-24(40)36-26(22)41)25(27(42)34-13-23(32)33)21-10-11-35-39(21)18-6-3-17(31)4-7-18/h2-7,10-12,22-23,25H,1,8-9,13-14H2,(H,34,42)(H,36,40,41). The van der Waals surface area contributed by atoms with Crippen molar-refractivity contribution in [2.45, 2.75) is 37.9 Å². The number of carbonyl (C=O) groups is 5. The first-order valence-corrected chi connectivity index (χ1v) is 13.3. The van der Waals surface area contributed by atoms with Gasteiger partial charge in [-0.25, -0.2) is 22.2 Å². The molecule has 0 aliphatic carbocycles. The van der Waals surface area contributed by atoms with Crippen molar-refractivity contribution in [1.82, 2.24) is 25.3 Å². The van der Waals surface area contributed by atoms with Gasteiger partial charge in [0.2, 0.25) is 17.7 Å². The molecule has 2 aliphatic heterocycles. The minimum Gasteiger partial charge on any atom is -0.348 e. The number of carbonyl (C=O) groups excluding carboxylic acids is 5. The van der Waals surface area contributed by atoms with Gasteiger partial charge in [-0.05, 0) is 54.4 Å². The summed E-state index contributed by atoms with van der Waals surface area (Å²) < 4.78 is 55.6.